The molecule has 0 saturated carbocycles. The fraction of sp³-hybridized carbons (Fsp3) is 0.222. The standard InChI is InChI=1S/C9H7F3O/c1-5(4-13)6-2-8(11)9(12)3-7(6)10/h2-5H,1H3. The third-order valence-electron chi connectivity index (χ3n) is 1.73. The first kappa shape index (κ1) is 9.77. The van der Waals surface area contributed by atoms with Crippen LogP contribution in [0.15, 0.2) is 12.1 Å². The van der Waals surface area contributed by atoms with Crippen LogP contribution in [0.1, 0.15) is 18.4 Å². The average molecular weight is 188 g/mol. The molecule has 1 atom stereocenters. The summed E-state index contributed by atoms with van der Waals surface area (Å²) in [6, 6.07) is 1.13. The van der Waals surface area contributed by atoms with Crippen LogP contribution in [0.25, 0.3) is 0 Å². The van der Waals surface area contributed by atoms with Crippen molar-refractivity contribution in [3.05, 3.63) is 35.1 Å². The van der Waals surface area contributed by atoms with E-state index in [9.17, 15) is 18.0 Å². The summed E-state index contributed by atoms with van der Waals surface area (Å²) >= 11 is 0. The van der Waals surface area contributed by atoms with Gasteiger partial charge in [0.1, 0.15) is 12.1 Å². The fourth-order valence-electron chi connectivity index (χ4n) is 0.960. The molecule has 13 heavy (non-hydrogen) atoms. The number of rotatable bonds is 2. The van der Waals surface area contributed by atoms with Gasteiger partial charge in [0.05, 0.1) is 0 Å². The zero-order chi connectivity index (χ0) is 10.0. The molecule has 0 aliphatic rings. The average Bonchev–Trinajstić information content (AvgIpc) is 2.10. The largest absolute Gasteiger partial charge is 0.303 e. The molecule has 0 aliphatic heterocycles. The van der Waals surface area contributed by atoms with Crippen LogP contribution in [0.5, 0.6) is 0 Å². The van der Waals surface area contributed by atoms with E-state index in [1.54, 1.807) is 0 Å². The summed E-state index contributed by atoms with van der Waals surface area (Å²) in [5.74, 6) is -4.07. The molecule has 0 amide bonds. The Bertz CT molecular complexity index is 336. The van der Waals surface area contributed by atoms with E-state index in [0.29, 0.717) is 18.4 Å². The highest BCUT2D eigenvalue weighted by molar-refractivity contribution is 5.61. The molecule has 0 heterocycles. The van der Waals surface area contributed by atoms with E-state index < -0.39 is 23.4 Å². The van der Waals surface area contributed by atoms with Crippen LogP contribution < -0.4 is 0 Å². The molecule has 0 bridgehead atoms. The topological polar surface area (TPSA) is 17.1 Å². The molecule has 0 saturated heterocycles. The van der Waals surface area contributed by atoms with Crippen molar-refractivity contribution in [2.24, 2.45) is 0 Å². The van der Waals surface area contributed by atoms with E-state index in [0.717, 1.165) is 0 Å². The molecule has 0 fully saturated rings. The molecule has 0 N–H and O–H groups in total. The van der Waals surface area contributed by atoms with Gasteiger partial charge in [0, 0.05) is 17.5 Å². The highest BCUT2D eigenvalue weighted by Gasteiger charge is 2.14. The molecule has 1 aromatic rings. The Kier molecular flexibility index (Phi) is 2.70. The third-order valence-corrected chi connectivity index (χ3v) is 1.73. The second-order valence-corrected chi connectivity index (χ2v) is 2.71. The Labute approximate surface area is 73.2 Å². The van der Waals surface area contributed by atoms with Crippen LogP contribution in [0.4, 0.5) is 13.2 Å². The Morgan fingerprint density at radius 1 is 1.15 bits per heavy atom. The number of carbonyl (C=O) groups is 1. The third kappa shape index (κ3) is 1.88. The first-order valence-electron chi connectivity index (χ1n) is 3.66. The molecule has 0 aromatic heterocycles. The van der Waals surface area contributed by atoms with Crippen molar-refractivity contribution < 1.29 is 18.0 Å². The van der Waals surface area contributed by atoms with Crippen LogP contribution >= 0.6 is 0 Å². The zero-order valence-corrected chi connectivity index (χ0v) is 6.85. The monoisotopic (exact) mass is 188 g/mol. The Hall–Kier alpha value is -1.32. The first-order valence-corrected chi connectivity index (χ1v) is 3.66. The van der Waals surface area contributed by atoms with Gasteiger partial charge in [-0.1, -0.05) is 6.92 Å². The Morgan fingerprint density at radius 3 is 2.23 bits per heavy atom. The molecule has 1 rings (SSSR count). The molecule has 0 aliphatic carbocycles. The SMILES string of the molecule is CC(C=O)c1cc(F)c(F)cc1F. The Morgan fingerprint density at radius 2 is 1.69 bits per heavy atom. The molecule has 1 nitrogen and oxygen atoms in total. The second kappa shape index (κ2) is 3.60. The van der Waals surface area contributed by atoms with Crippen molar-refractivity contribution in [3.8, 4) is 0 Å². The predicted octanol–water partition coefficient (Wildman–Crippen LogP) is 2.41. The van der Waals surface area contributed by atoms with Crippen molar-refractivity contribution in [3.63, 3.8) is 0 Å². The van der Waals surface area contributed by atoms with Crippen LogP contribution in [0.3, 0.4) is 0 Å². The van der Waals surface area contributed by atoms with Crippen LogP contribution in [0, 0.1) is 17.5 Å². The summed E-state index contributed by atoms with van der Waals surface area (Å²) in [5, 5.41) is 0. The van der Waals surface area contributed by atoms with E-state index in [1.807, 2.05) is 0 Å². The molecule has 4 heteroatoms. The number of aldehydes is 1. The molecular formula is C9H7F3O. The minimum atomic E-state index is -1.25. The van der Waals surface area contributed by atoms with Crippen molar-refractivity contribution in [2.45, 2.75) is 12.8 Å². The Balaban J connectivity index is 3.22. The molecule has 1 unspecified atom stereocenters. The molecule has 1 aromatic carbocycles. The zero-order valence-electron chi connectivity index (χ0n) is 6.85. The number of benzene rings is 1. The van der Waals surface area contributed by atoms with Gasteiger partial charge in [-0.3, -0.25) is 0 Å². The van der Waals surface area contributed by atoms with E-state index in [1.165, 1.54) is 6.92 Å². The molecule has 70 valence electrons. The second-order valence-electron chi connectivity index (χ2n) is 2.71. The highest BCUT2D eigenvalue weighted by Crippen LogP contribution is 2.20. The minimum absolute atomic E-state index is 0.131. The molecule has 0 radical (unpaired) electrons. The van der Waals surface area contributed by atoms with E-state index in [-0.39, 0.29) is 5.56 Å². The van der Waals surface area contributed by atoms with Crippen molar-refractivity contribution in [1.29, 1.82) is 0 Å². The van der Waals surface area contributed by atoms with Crippen LogP contribution in [0.2, 0.25) is 0 Å². The van der Waals surface area contributed by atoms with Crippen molar-refractivity contribution in [1.82, 2.24) is 0 Å². The van der Waals surface area contributed by atoms with Gasteiger partial charge in [-0.25, -0.2) is 13.2 Å². The summed E-state index contributed by atoms with van der Waals surface area (Å²) in [4.78, 5) is 10.3. The summed E-state index contributed by atoms with van der Waals surface area (Å²) in [6.45, 7) is 1.41. The molecule has 0 spiro atoms. The predicted molar refractivity (Wildman–Crippen MR) is 40.8 cm³/mol. The maximum Gasteiger partial charge on any atom is 0.161 e. The lowest BCUT2D eigenvalue weighted by atomic mass is 10.0. The van der Waals surface area contributed by atoms with Gasteiger partial charge in [0.25, 0.3) is 0 Å². The van der Waals surface area contributed by atoms with E-state index in [4.69, 9.17) is 0 Å². The lowest BCUT2D eigenvalue weighted by Crippen LogP contribution is -2.01. The van der Waals surface area contributed by atoms with Crippen LogP contribution in [-0.4, -0.2) is 6.29 Å². The van der Waals surface area contributed by atoms with Gasteiger partial charge in [-0.2, -0.15) is 0 Å². The van der Waals surface area contributed by atoms with Gasteiger partial charge in [-0.15, -0.1) is 0 Å². The first-order chi connectivity index (χ1) is 6.06. The lowest BCUT2D eigenvalue weighted by molar-refractivity contribution is -0.108. The summed E-state index contributed by atoms with van der Waals surface area (Å²) in [7, 11) is 0. The summed E-state index contributed by atoms with van der Waals surface area (Å²) < 4.78 is 37.9. The van der Waals surface area contributed by atoms with Gasteiger partial charge in [0.15, 0.2) is 11.6 Å². The van der Waals surface area contributed by atoms with Crippen molar-refractivity contribution in [2.75, 3.05) is 0 Å². The van der Waals surface area contributed by atoms with Gasteiger partial charge >= 0.3 is 0 Å². The summed E-state index contributed by atoms with van der Waals surface area (Å²) in [6.07, 6.45) is 0.468. The quantitative estimate of drug-likeness (QED) is 0.514. The van der Waals surface area contributed by atoms with Crippen molar-refractivity contribution >= 4 is 6.29 Å². The summed E-state index contributed by atoms with van der Waals surface area (Å²) in [5.41, 5.74) is -0.131. The van der Waals surface area contributed by atoms with Gasteiger partial charge in [-0.05, 0) is 6.07 Å². The van der Waals surface area contributed by atoms with Gasteiger partial charge in [0.2, 0.25) is 0 Å². The van der Waals surface area contributed by atoms with Crippen LogP contribution in [-0.2, 0) is 4.79 Å². The smallest absolute Gasteiger partial charge is 0.161 e. The number of hydrogen-bond acceptors (Lipinski definition) is 1. The maximum atomic E-state index is 12.9. The van der Waals surface area contributed by atoms with E-state index >= 15 is 0 Å². The number of hydrogen-bond donors (Lipinski definition) is 0. The maximum absolute atomic E-state index is 12.9. The van der Waals surface area contributed by atoms with Gasteiger partial charge < -0.3 is 4.79 Å². The number of carbonyl (C=O) groups excluding carboxylic acids is 1. The highest BCUT2D eigenvalue weighted by atomic mass is 19.2. The minimum Gasteiger partial charge on any atom is -0.303 e. The normalized spacial score (nSPS) is 12.6. The fourth-order valence-corrected chi connectivity index (χ4v) is 0.960. The lowest BCUT2D eigenvalue weighted by Gasteiger charge is -2.05. The molecular weight excluding hydrogens is 181 g/mol. The van der Waals surface area contributed by atoms with E-state index in [2.05, 4.69) is 0 Å². The number of halogens is 3.